The molecule has 1 fully saturated rings. The molecule has 2 heterocycles. The third kappa shape index (κ3) is 3.47. The van der Waals surface area contributed by atoms with E-state index >= 15 is 0 Å². The molecule has 4 rings (SSSR count). The molecule has 0 radical (unpaired) electrons. The summed E-state index contributed by atoms with van der Waals surface area (Å²) >= 11 is 0. The van der Waals surface area contributed by atoms with E-state index < -0.39 is 5.60 Å². The Kier molecular flexibility index (Phi) is 4.02. The highest BCUT2D eigenvalue weighted by atomic mass is 16.5. The number of carbonyl (C=O) groups excluding carboxylic acids is 2. The van der Waals surface area contributed by atoms with Crippen LogP contribution in [0.25, 0.3) is 10.9 Å². The van der Waals surface area contributed by atoms with E-state index in [1.54, 1.807) is 0 Å². The Bertz CT molecular complexity index is 912. The van der Waals surface area contributed by atoms with Crippen molar-refractivity contribution in [1.29, 1.82) is 0 Å². The topological polar surface area (TPSA) is 59.5 Å². The molecule has 0 atom stereocenters. The van der Waals surface area contributed by atoms with Crippen LogP contribution in [0.2, 0.25) is 0 Å². The molecular weight excluding hydrogens is 328 g/mol. The molecule has 1 aromatic carbocycles. The van der Waals surface area contributed by atoms with Crippen molar-refractivity contribution in [2.45, 2.75) is 51.3 Å². The molecule has 0 spiro atoms. The van der Waals surface area contributed by atoms with Gasteiger partial charge in [-0.25, -0.2) is 0 Å². The van der Waals surface area contributed by atoms with Crippen LogP contribution in [0.1, 0.15) is 38.7 Å². The largest absolute Gasteiger partial charge is 0.481 e. The van der Waals surface area contributed by atoms with Gasteiger partial charge < -0.3 is 9.64 Å². The minimum atomic E-state index is -0.642. The number of ether oxygens (including phenoxy) is 1. The van der Waals surface area contributed by atoms with Crippen LogP contribution in [-0.4, -0.2) is 33.2 Å². The molecule has 0 saturated heterocycles. The van der Waals surface area contributed by atoms with Gasteiger partial charge in [-0.15, -0.1) is 0 Å². The quantitative estimate of drug-likeness (QED) is 0.848. The lowest BCUT2D eigenvalue weighted by molar-refractivity contribution is -0.139. The van der Waals surface area contributed by atoms with Gasteiger partial charge in [-0.3, -0.25) is 14.6 Å². The number of amides is 1. The molecule has 1 aliphatic heterocycles. The lowest BCUT2D eigenvalue weighted by Crippen LogP contribution is -2.40. The zero-order valence-corrected chi connectivity index (χ0v) is 15.1. The molecule has 5 nitrogen and oxygen atoms in total. The first-order chi connectivity index (χ1) is 12.4. The molecule has 0 unspecified atom stereocenters. The van der Waals surface area contributed by atoms with E-state index in [0.717, 1.165) is 29.3 Å². The lowest BCUT2D eigenvalue weighted by Gasteiger charge is -2.32. The molecule has 1 saturated carbocycles. The fourth-order valence-corrected chi connectivity index (χ4v) is 3.38. The zero-order chi connectivity index (χ0) is 18.3. The molecule has 1 aromatic heterocycles. The first kappa shape index (κ1) is 16.8. The van der Waals surface area contributed by atoms with Crippen molar-refractivity contribution in [2.75, 3.05) is 0 Å². The molecule has 0 bridgehead atoms. The van der Waals surface area contributed by atoms with Gasteiger partial charge in [-0.1, -0.05) is 18.2 Å². The van der Waals surface area contributed by atoms with E-state index in [0.29, 0.717) is 13.0 Å². The van der Waals surface area contributed by atoms with Crippen molar-refractivity contribution < 1.29 is 14.3 Å². The van der Waals surface area contributed by atoms with Gasteiger partial charge in [0, 0.05) is 36.7 Å². The van der Waals surface area contributed by atoms with Crippen molar-refractivity contribution in [3.8, 4) is 0 Å². The van der Waals surface area contributed by atoms with Gasteiger partial charge in [-0.2, -0.15) is 0 Å². The van der Waals surface area contributed by atoms with E-state index in [2.05, 4.69) is 11.1 Å². The Morgan fingerprint density at radius 3 is 2.81 bits per heavy atom. The standard InChI is InChI=1S/C21H22N2O3/c1-21(2)11-17(24)10-19(26-21)20(25)23(16-7-8-16)13-14-9-15-5-3-4-6-18(15)22-12-14/h3-6,9-10,12,16H,7-8,11,13H2,1-2H3. The molecule has 2 aromatic rings. The van der Waals surface area contributed by atoms with Gasteiger partial charge >= 0.3 is 0 Å². The van der Waals surface area contributed by atoms with Crippen molar-refractivity contribution in [3.05, 3.63) is 53.9 Å². The van der Waals surface area contributed by atoms with Gasteiger partial charge in [-0.05, 0) is 44.4 Å². The van der Waals surface area contributed by atoms with Crippen LogP contribution in [0.4, 0.5) is 0 Å². The highest BCUT2D eigenvalue weighted by Gasteiger charge is 2.38. The summed E-state index contributed by atoms with van der Waals surface area (Å²) in [6, 6.07) is 10.2. The molecule has 2 aliphatic rings. The molecule has 1 aliphatic carbocycles. The average molecular weight is 350 g/mol. The monoisotopic (exact) mass is 350 g/mol. The predicted molar refractivity (Wildman–Crippen MR) is 98.2 cm³/mol. The Morgan fingerprint density at radius 1 is 1.31 bits per heavy atom. The van der Waals surface area contributed by atoms with Gasteiger partial charge in [0.25, 0.3) is 5.91 Å². The normalized spacial score (nSPS) is 19.0. The number of hydrogen-bond acceptors (Lipinski definition) is 4. The van der Waals surface area contributed by atoms with E-state index in [9.17, 15) is 9.59 Å². The zero-order valence-electron chi connectivity index (χ0n) is 15.1. The number of nitrogens with zero attached hydrogens (tertiary/aromatic N) is 2. The maximum absolute atomic E-state index is 13.0. The van der Waals surface area contributed by atoms with Crippen LogP contribution in [0.15, 0.2) is 48.4 Å². The molecule has 5 heteroatoms. The van der Waals surface area contributed by atoms with Crippen LogP contribution < -0.4 is 0 Å². The number of aromatic nitrogens is 1. The first-order valence-corrected chi connectivity index (χ1v) is 8.99. The van der Waals surface area contributed by atoms with E-state index in [1.807, 2.05) is 49.2 Å². The van der Waals surface area contributed by atoms with E-state index in [1.165, 1.54) is 6.08 Å². The second-order valence-corrected chi connectivity index (χ2v) is 7.71. The Balaban J connectivity index is 1.59. The summed E-state index contributed by atoms with van der Waals surface area (Å²) in [5, 5.41) is 1.05. The summed E-state index contributed by atoms with van der Waals surface area (Å²) in [5.74, 6) is -0.110. The average Bonchev–Trinajstić information content (AvgIpc) is 3.42. The summed E-state index contributed by atoms with van der Waals surface area (Å²) in [6.45, 7) is 4.14. The van der Waals surface area contributed by atoms with Crippen molar-refractivity contribution in [2.24, 2.45) is 0 Å². The van der Waals surface area contributed by atoms with Crippen molar-refractivity contribution in [3.63, 3.8) is 0 Å². The number of rotatable bonds is 4. The summed E-state index contributed by atoms with van der Waals surface area (Å²) < 4.78 is 5.81. The number of hydrogen-bond donors (Lipinski definition) is 0. The van der Waals surface area contributed by atoms with Crippen LogP contribution in [0.5, 0.6) is 0 Å². The minimum Gasteiger partial charge on any atom is -0.481 e. The van der Waals surface area contributed by atoms with Gasteiger partial charge in [0.15, 0.2) is 11.5 Å². The fourth-order valence-electron chi connectivity index (χ4n) is 3.38. The second-order valence-electron chi connectivity index (χ2n) is 7.71. The summed E-state index contributed by atoms with van der Waals surface area (Å²) in [5.41, 5.74) is 1.27. The van der Waals surface area contributed by atoms with Crippen LogP contribution in [0, 0.1) is 0 Å². The molecular formula is C21H22N2O3. The summed E-state index contributed by atoms with van der Waals surface area (Å²) in [6.07, 6.45) is 5.42. The maximum atomic E-state index is 13.0. The van der Waals surface area contributed by atoms with E-state index in [4.69, 9.17) is 4.74 Å². The Morgan fingerprint density at radius 2 is 2.08 bits per heavy atom. The van der Waals surface area contributed by atoms with Crippen LogP contribution >= 0.6 is 0 Å². The SMILES string of the molecule is CC1(C)CC(=O)C=C(C(=O)N(Cc2cnc3ccccc3c2)C2CC2)O1. The highest BCUT2D eigenvalue weighted by molar-refractivity contribution is 6.02. The number of fused-ring (bicyclic) bond motifs is 1. The van der Waals surface area contributed by atoms with Gasteiger partial charge in [0.1, 0.15) is 5.60 Å². The molecule has 134 valence electrons. The maximum Gasteiger partial charge on any atom is 0.289 e. The number of allylic oxidation sites excluding steroid dienone is 1. The number of pyridine rings is 1. The summed E-state index contributed by atoms with van der Waals surface area (Å²) in [7, 11) is 0. The Hall–Kier alpha value is -2.69. The second kappa shape index (κ2) is 6.24. The Labute approximate surface area is 152 Å². The fraction of sp³-hybridized carbons (Fsp3) is 0.381. The number of ketones is 1. The van der Waals surface area contributed by atoms with Crippen LogP contribution in [-0.2, 0) is 20.9 Å². The number of para-hydroxylation sites is 1. The molecule has 1 amide bonds. The number of carbonyl (C=O) groups is 2. The van der Waals surface area contributed by atoms with Crippen molar-refractivity contribution in [1.82, 2.24) is 9.88 Å². The highest BCUT2D eigenvalue weighted by Crippen LogP contribution is 2.32. The molecule has 26 heavy (non-hydrogen) atoms. The van der Waals surface area contributed by atoms with Gasteiger partial charge in [0.2, 0.25) is 0 Å². The predicted octanol–water partition coefficient (Wildman–Crippen LogP) is 3.38. The third-order valence-electron chi connectivity index (χ3n) is 4.74. The van der Waals surface area contributed by atoms with Crippen molar-refractivity contribution >= 4 is 22.6 Å². The van der Waals surface area contributed by atoms with Crippen LogP contribution in [0.3, 0.4) is 0 Å². The lowest BCUT2D eigenvalue weighted by atomic mass is 9.98. The first-order valence-electron chi connectivity index (χ1n) is 8.99. The number of benzene rings is 1. The van der Waals surface area contributed by atoms with E-state index in [-0.39, 0.29) is 23.5 Å². The summed E-state index contributed by atoms with van der Waals surface area (Å²) in [4.78, 5) is 31.3. The minimum absolute atomic E-state index is 0.0623. The van der Waals surface area contributed by atoms with Gasteiger partial charge in [0.05, 0.1) is 5.52 Å². The molecule has 0 N–H and O–H groups in total. The smallest absolute Gasteiger partial charge is 0.289 e. The third-order valence-corrected chi connectivity index (χ3v) is 4.74.